The first-order valence-electron chi connectivity index (χ1n) is 13.7. The van der Waals surface area contributed by atoms with Crippen LogP contribution in [-0.2, 0) is 29.8 Å². The summed E-state index contributed by atoms with van der Waals surface area (Å²) in [5.74, 6) is 0.510. The molecule has 0 amide bonds. The second-order valence-corrected chi connectivity index (χ2v) is 10.7. The molecule has 0 spiro atoms. The Labute approximate surface area is 238 Å². The van der Waals surface area contributed by atoms with Crippen LogP contribution in [0.1, 0.15) is 35.1 Å². The maximum Gasteiger partial charge on any atom is 0.314 e. The van der Waals surface area contributed by atoms with Crippen molar-refractivity contribution < 1.29 is 14.6 Å². The number of hydrogen-bond acceptors (Lipinski definition) is 4. The summed E-state index contributed by atoms with van der Waals surface area (Å²) >= 11 is 0. The Hall–Kier alpha value is -4.97. The summed E-state index contributed by atoms with van der Waals surface area (Å²) in [6, 6.07) is 35.7. The minimum absolute atomic E-state index is 0.240. The Morgan fingerprint density at radius 1 is 0.854 bits per heavy atom. The van der Waals surface area contributed by atoms with Gasteiger partial charge in [0.05, 0.1) is 27.7 Å². The van der Waals surface area contributed by atoms with Crippen LogP contribution in [0.4, 0.5) is 0 Å². The van der Waals surface area contributed by atoms with Gasteiger partial charge in [0.15, 0.2) is 0 Å². The molecule has 6 nitrogen and oxygen atoms in total. The summed E-state index contributed by atoms with van der Waals surface area (Å²) in [5, 5.41) is 11.4. The second-order valence-electron chi connectivity index (χ2n) is 10.7. The average Bonchev–Trinajstić information content (AvgIpc) is 3.32. The van der Waals surface area contributed by atoms with Gasteiger partial charge in [-0.15, -0.1) is 0 Å². The second kappa shape index (κ2) is 10.9. The zero-order valence-electron chi connectivity index (χ0n) is 23.1. The van der Waals surface area contributed by atoms with Crippen molar-refractivity contribution in [2.24, 2.45) is 0 Å². The van der Waals surface area contributed by atoms with Crippen LogP contribution in [0.3, 0.4) is 0 Å². The number of ether oxygens (including phenoxy) is 1. The first kappa shape index (κ1) is 26.3. The van der Waals surface area contributed by atoms with Crippen LogP contribution in [0.2, 0.25) is 0 Å². The number of fused-ring (bicyclic) bond motifs is 2. The van der Waals surface area contributed by atoms with Crippen LogP contribution >= 0.6 is 0 Å². The number of rotatable bonds is 9. The number of imidazole rings is 1. The zero-order valence-corrected chi connectivity index (χ0v) is 23.1. The van der Waals surface area contributed by atoms with Gasteiger partial charge in [-0.25, -0.2) is 9.97 Å². The quantitative estimate of drug-likeness (QED) is 0.211. The standard InChI is InChI=1S/C35H31N3O3/c1-24-12-14-25(15-13-24)22-38-32-19-18-29(41-23-28-17-16-26-8-6-7-11-30(26)36-28)20-31(32)37-33(38)21-35(2,34(39)40)27-9-4-3-5-10-27/h3-20H,21-23H2,1-2H3,(H,39,40). The molecule has 204 valence electrons. The van der Waals surface area contributed by atoms with E-state index in [1.807, 2.05) is 78.9 Å². The molecule has 0 fully saturated rings. The zero-order chi connectivity index (χ0) is 28.4. The Balaban J connectivity index is 1.35. The Bertz CT molecular complexity index is 1840. The maximum absolute atomic E-state index is 12.6. The van der Waals surface area contributed by atoms with E-state index in [0.717, 1.165) is 38.8 Å². The van der Waals surface area contributed by atoms with Crippen molar-refractivity contribution in [3.05, 3.63) is 137 Å². The fraction of sp³-hybridized carbons (Fsp3) is 0.171. The molecule has 41 heavy (non-hydrogen) atoms. The number of benzene rings is 4. The first-order valence-corrected chi connectivity index (χ1v) is 13.7. The molecule has 0 aliphatic carbocycles. The number of aliphatic carboxylic acids is 1. The van der Waals surface area contributed by atoms with Crippen molar-refractivity contribution in [2.45, 2.75) is 38.8 Å². The number of hydrogen-bond donors (Lipinski definition) is 1. The fourth-order valence-electron chi connectivity index (χ4n) is 5.21. The number of carboxylic acid groups (broad SMARTS) is 1. The van der Waals surface area contributed by atoms with Gasteiger partial charge in [0.1, 0.15) is 18.2 Å². The van der Waals surface area contributed by atoms with E-state index in [4.69, 9.17) is 14.7 Å². The fourth-order valence-corrected chi connectivity index (χ4v) is 5.21. The average molecular weight is 542 g/mol. The van der Waals surface area contributed by atoms with Crippen molar-refractivity contribution in [3.8, 4) is 5.75 Å². The van der Waals surface area contributed by atoms with E-state index < -0.39 is 11.4 Å². The third-order valence-electron chi connectivity index (χ3n) is 7.70. The van der Waals surface area contributed by atoms with Crippen LogP contribution in [0, 0.1) is 6.92 Å². The van der Waals surface area contributed by atoms with Gasteiger partial charge in [0.2, 0.25) is 0 Å². The van der Waals surface area contributed by atoms with E-state index in [0.29, 0.717) is 24.7 Å². The molecule has 0 saturated heterocycles. The number of aromatic nitrogens is 3. The summed E-state index contributed by atoms with van der Waals surface area (Å²) < 4.78 is 8.26. The summed E-state index contributed by atoms with van der Waals surface area (Å²) in [7, 11) is 0. The van der Waals surface area contributed by atoms with Crippen molar-refractivity contribution >= 4 is 27.9 Å². The number of aryl methyl sites for hydroxylation is 1. The number of nitrogens with zero attached hydrogens (tertiary/aromatic N) is 3. The van der Waals surface area contributed by atoms with E-state index in [-0.39, 0.29) is 6.42 Å². The van der Waals surface area contributed by atoms with E-state index in [1.165, 1.54) is 5.56 Å². The maximum atomic E-state index is 12.6. The SMILES string of the molecule is Cc1ccc(Cn2c(CC(C)(C(=O)O)c3ccccc3)nc3cc(OCc4ccc5ccccc5n4)ccc32)cc1. The molecular weight excluding hydrogens is 510 g/mol. The van der Waals surface area contributed by atoms with Crippen LogP contribution in [-0.4, -0.2) is 25.6 Å². The van der Waals surface area contributed by atoms with Crippen molar-refractivity contribution in [3.63, 3.8) is 0 Å². The molecule has 6 aromatic rings. The molecule has 4 aromatic carbocycles. The van der Waals surface area contributed by atoms with Gasteiger partial charge in [-0.05, 0) is 49.2 Å². The van der Waals surface area contributed by atoms with Gasteiger partial charge in [-0.2, -0.15) is 0 Å². The highest BCUT2D eigenvalue weighted by atomic mass is 16.5. The Morgan fingerprint density at radius 3 is 2.39 bits per heavy atom. The largest absolute Gasteiger partial charge is 0.487 e. The molecule has 1 atom stereocenters. The molecule has 1 unspecified atom stereocenters. The minimum Gasteiger partial charge on any atom is -0.487 e. The number of carboxylic acids is 1. The van der Waals surface area contributed by atoms with E-state index in [2.05, 4.69) is 41.8 Å². The highest BCUT2D eigenvalue weighted by Gasteiger charge is 2.37. The Kier molecular flexibility index (Phi) is 6.98. The van der Waals surface area contributed by atoms with Crippen LogP contribution in [0.15, 0.2) is 109 Å². The molecule has 6 heteroatoms. The molecule has 2 aromatic heterocycles. The van der Waals surface area contributed by atoms with Gasteiger partial charge >= 0.3 is 5.97 Å². The lowest BCUT2D eigenvalue weighted by Crippen LogP contribution is -2.35. The highest BCUT2D eigenvalue weighted by molar-refractivity contribution is 5.82. The first-order chi connectivity index (χ1) is 19.9. The molecule has 0 aliphatic heterocycles. The van der Waals surface area contributed by atoms with Gasteiger partial charge in [-0.3, -0.25) is 4.79 Å². The highest BCUT2D eigenvalue weighted by Crippen LogP contribution is 2.31. The van der Waals surface area contributed by atoms with Crippen LogP contribution < -0.4 is 4.74 Å². The molecule has 0 aliphatic rings. The monoisotopic (exact) mass is 541 g/mol. The predicted octanol–water partition coefficient (Wildman–Crippen LogP) is 7.11. The Morgan fingerprint density at radius 2 is 1.61 bits per heavy atom. The lowest BCUT2D eigenvalue weighted by atomic mass is 9.79. The summed E-state index contributed by atoms with van der Waals surface area (Å²) in [4.78, 5) is 22.3. The van der Waals surface area contributed by atoms with Gasteiger partial charge < -0.3 is 14.4 Å². The molecule has 0 radical (unpaired) electrons. The summed E-state index contributed by atoms with van der Waals surface area (Å²) in [6.07, 6.45) is 0.240. The van der Waals surface area contributed by atoms with Gasteiger partial charge in [0, 0.05) is 24.4 Å². The molecule has 2 heterocycles. The molecule has 0 bridgehead atoms. The molecular formula is C35H31N3O3. The van der Waals surface area contributed by atoms with Crippen molar-refractivity contribution in [1.82, 2.24) is 14.5 Å². The van der Waals surface area contributed by atoms with E-state index in [1.54, 1.807) is 6.92 Å². The molecule has 0 saturated carbocycles. The van der Waals surface area contributed by atoms with Crippen molar-refractivity contribution in [1.29, 1.82) is 0 Å². The lowest BCUT2D eigenvalue weighted by Gasteiger charge is -2.25. The normalized spacial score (nSPS) is 12.8. The van der Waals surface area contributed by atoms with Crippen LogP contribution in [0.25, 0.3) is 21.9 Å². The smallest absolute Gasteiger partial charge is 0.314 e. The van der Waals surface area contributed by atoms with E-state index in [9.17, 15) is 9.90 Å². The minimum atomic E-state index is -1.14. The topological polar surface area (TPSA) is 77.2 Å². The predicted molar refractivity (Wildman–Crippen MR) is 161 cm³/mol. The number of pyridine rings is 1. The summed E-state index contributed by atoms with van der Waals surface area (Å²) in [5.41, 5.74) is 5.38. The third kappa shape index (κ3) is 5.41. The van der Waals surface area contributed by atoms with Gasteiger partial charge in [0.25, 0.3) is 0 Å². The van der Waals surface area contributed by atoms with Crippen molar-refractivity contribution in [2.75, 3.05) is 0 Å². The van der Waals surface area contributed by atoms with Crippen LogP contribution in [0.5, 0.6) is 5.75 Å². The molecule has 1 N–H and O–H groups in total. The van der Waals surface area contributed by atoms with E-state index >= 15 is 0 Å². The summed E-state index contributed by atoms with van der Waals surface area (Å²) in [6.45, 7) is 4.75. The number of carbonyl (C=O) groups is 1. The lowest BCUT2D eigenvalue weighted by molar-refractivity contribution is -0.143. The third-order valence-corrected chi connectivity index (χ3v) is 7.70. The van der Waals surface area contributed by atoms with Gasteiger partial charge in [-0.1, -0.05) is 84.4 Å². The molecule has 6 rings (SSSR count). The number of para-hydroxylation sites is 1.